The number of carbonyl (C=O) groups excluding carboxylic acids is 1. The van der Waals surface area contributed by atoms with Gasteiger partial charge in [0.05, 0.1) is 12.2 Å². The first-order valence-electron chi connectivity index (χ1n) is 9.32. The molecule has 2 saturated heterocycles. The molecule has 2 aliphatic heterocycles. The molecule has 1 aliphatic carbocycles. The van der Waals surface area contributed by atoms with Crippen LogP contribution in [0.4, 0.5) is 0 Å². The number of aryl methyl sites for hydroxylation is 2. The average molecular weight is 349 g/mol. The van der Waals surface area contributed by atoms with Crippen molar-refractivity contribution in [2.75, 3.05) is 33.2 Å². The number of piperazine rings is 1. The quantitative estimate of drug-likeness (QED) is 0.886. The maximum Gasteiger partial charge on any atom is 0.220 e. The van der Waals surface area contributed by atoms with Crippen LogP contribution in [0.1, 0.15) is 47.7 Å². The molecule has 0 unspecified atom stereocenters. The van der Waals surface area contributed by atoms with Gasteiger partial charge in [0, 0.05) is 43.0 Å². The van der Waals surface area contributed by atoms with Crippen LogP contribution in [0.25, 0.3) is 0 Å². The molecule has 24 heavy (non-hydrogen) atoms. The Morgan fingerprint density at radius 3 is 2.96 bits per heavy atom. The highest BCUT2D eigenvalue weighted by molar-refractivity contribution is 7.11. The number of nitrogens with zero attached hydrogens (tertiary/aromatic N) is 3. The number of nitrogens with one attached hydrogen (secondary N) is 1. The molecular formula is C18H28N4OS. The minimum atomic E-state index is 0.147. The van der Waals surface area contributed by atoms with Crippen LogP contribution in [0.5, 0.6) is 0 Å². The van der Waals surface area contributed by atoms with Gasteiger partial charge in [-0.05, 0) is 45.6 Å². The van der Waals surface area contributed by atoms with E-state index in [0.717, 1.165) is 45.6 Å². The Bertz CT molecular complexity index is 593. The predicted octanol–water partition coefficient (Wildman–Crippen LogP) is 1.81. The van der Waals surface area contributed by atoms with Crippen molar-refractivity contribution >= 4 is 17.2 Å². The van der Waals surface area contributed by atoms with Crippen molar-refractivity contribution < 1.29 is 4.79 Å². The third kappa shape index (κ3) is 3.24. The van der Waals surface area contributed by atoms with Crippen molar-refractivity contribution in [2.45, 2.75) is 57.0 Å². The lowest BCUT2D eigenvalue weighted by Crippen LogP contribution is -2.60. The molecule has 1 spiro atoms. The van der Waals surface area contributed by atoms with E-state index in [0.29, 0.717) is 6.42 Å². The van der Waals surface area contributed by atoms with Crippen LogP contribution in [0.2, 0.25) is 0 Å². The summed E-state index contributed by atoms with van der Waals surface area (Å²) in [7, 11) is 2.23. The standard InChI is InChI=1S/C18H28N4OS/c1-21-10-11-22(13-18(21)7-6-16(23)19-9-8-18)12-17-20-14-4-2-3-5-15(14)24-17/h2-13H2,1H3,(H,19,23)/t18-/m1/s1. The fourth-order valence-corrected chi connectivity index (χ4v) is 5.68. The van der Waals surface area contributed by atoms with Gasteiger partial charge in [-0.25, -0.2) is 4.98 Å². The Kier molecular flexibility index (Phi) is 4.62. The van der Waals surface area contributed by atoms with E-state index in [4.69, 9.17) is 4.98 Å². The third-order valence-electron chi connectivity index (χ3n) is 6.06. The Hall–Kier alpha value is -0.980. The normalized spacial score (nSPS) is 29.3. The van der Waals surface area contributed by atoms with Gasteiger partial charge >= 0.3 is 0 Å². The van der Waals surface area contributed by atoms with Crippen LogP contribution in [-0.4, -0.2) is 59.5 Å². The van der Waals surface area contributed by atoms with E-state index < -0.39 is 0 Å². The fraction of sp³-hybridized carbons (Fsp3) is 0.778. The molecule has 5 nitrogen and oxygen atoms in total. The molecule has 3 heterocycles. The summed E-state index contributed by atoms with van der Waals surface area (Å²) in [4.78, 5) is 23.3. The van der Waals surface area contributed by atoms with E-state index in [1.807, 2.05) is 11.3 Å². The largest absolute Gasteiger partial charge is 0.356 e. The number of likely N-dealkylation sites (N-methyl/N-ethyl adjacent to an activating group) is 1. The van der Waals surface area contributed by atoms with Crippen LogP contribution < -0.4 is 5.32 Å². The minimum absolute atomic E-state index is 0.147. The number of amides is 1. The second kappa shape index (κ2) is 6.73. The molecule has 0 radical (unpaired) electrons. The monoisotopic (exact) mass is 348 g/mol. The van der Waals surface area contributed by atoms with E-state index >= 15 is 0 Å². The van der Waals surface area contributed by atoms with Crippen LogP contribution >= 0.6 is 11.3 Å². The van der Waals surface area contributed by atoms with Crippen LogP contribution in [0, 0.1) is 0 Å². The first-order valence-corrected chi connectivity index (χ1v) is 10.1. The maximum atomic E-state index is 11.7. The van der Waals surface area contributed by atoms with Crippen LogP contribution in [-0.2, 0) is 24.2 Å². The van der Waals surface area contributed by atoms with Gasteiger partial charge in [0.15, 0.2) is 0 Å². The van der Waals surface area contributed by atoms with E-state index in [1.165, 1.54) is 41.3 Å². The van der Waals surface area contributed by atoms with Crippen molar-refractivity contribution in [3.63, 3.8) is 0 Å². The van der Waals surface area contributed by atoms with Gasteiger partial charge < -0.3 is 5.32 Å². The molecule has 1 aromatic heterocycles. The number of fused-ring (bicyclic) bond motifs is 1. The summed E-state index contributed by atoms with van der Waals surface area (Å²) in [6.45, 7) is 5.03. The zero-order valence-electron chi connectivity index (χ0n) is 14.6. The van der Waals surface area contributed by atoms with E-state index in [9.17, 15) is 4.79 Å². The number of rotatable bonds is 2. The van der Waals surface area contributed by atoms with Gasteiger partial charge in [-0.15, -0.1) is 11.3 Å². The Labute approximate surface area is 148 Å². The number of hydrogen-bond acceptors (Lipinski definition) is 5. The zero-order chi connectivity index (χ0) is 16.6. The summed E-state index contributed by atoms with van der Waals surface area (Å²) in [6.07, 6.45) is 7.71. The fourth-order valence-electron chi connectivity index (χ4n) is 4.48. The van der Waals surface area contributed by atoms with Crippen molar-refractivity contribution in [2.24, 2.45) is 0 Å². The molecule has 1 atom stereocenters. The van der Waals surface area contributed by atoms with E-state index in [1.54, 1.807) is 0 Å². The highest BCUT2D eigenvalue weighted by Gasteiger charge is 2.40. The maximum absolute atomic E-state index is 11.7. The molecule has 0 saturated carbocycles. The van der Waals surface area contributed by atoms with Crippen molar-refractivity contribution in [1.82, 2.24) is 20.1 Å². The first kappa shape index (κ1) is 16.5. The topological polar surface area (TPSA) is 48.5 Å². The molecule has 3 aliphatic rings. The summed E-state index contributed by atoms with van der Waals surface area (Å²) in [5, 5.41) is 4.34. The molecule has 4 rings (SSSR count). The lowest BCUT2D eigenvalue weighted by Gasteiger charge is -2.49. The number of hydrogen-bond donors (Lipinski definition) is 1. The first-order chi connectivity index (χ1) is 11.6. The van der Waals surface area contributed by atoms with Crippen LogP contribution in [0.15, 0.2) is 0 Å². The smallest absolute Gasteiger partial charge is 0.220 e. The summed E-state index contributed by atoms with van der Waals surface area (Å²) < 4.78 is 0. The Balaban J connectivity index is 1.46. The van der Waals surface area contributed by atoms with Crippen molar-refractivity contribution in [1.29, 1.82) is 0 Å². The predicted molar refractivity (Wildman–Crippen MR) is 96.3 cm³/mol. The van der Waals surface area contributed by atoms with Gasteiger partial charge in [0.1, 0.15) is 5.01 Å². The van der Waals surface area contributed by atoms with Gasteiger partial charge in [0.25, 0.3) is 0 Å². The molecule has 1 N–H and O–H groups in total. The molecule has 6 heteroatoms. The van der Waals surface area contributed by atoms with E-state index in [-0.39, 0.29) is 11.4 Å². The second-order valence-corrected chi connectivity index (χ2v) is 8.81. The molecule has 2 fully saturated rings. The summed E-state index contributed by atoms with van der Waals surface area (Å²) in [5.74, 6) is 0.213. The van der Waals surface area contributed by atoms with Crippen LogP contribution in [0.3, 0.4) is 0 Å². The number of thiazole rings is 1. The van der Waals surface area contributed by atoms with Gasteiger partial charge in [-0.2, -0.15) is 0 Å². The SMILES string of the molecule is CN1CCN(Cc2nc3c(s2)CCCC3)C[C@@]12CCNC(=O)CC2. The number of carbonyl (C=O) groups is 1. The van der Waals surface area contributed by atoms with Gasteiger partial charge in [-0.3, -0.25) is 14.6 Å². The number of aromatic nitrogens is 1. The van der Waals surface area contributed by atoms with Gasteiger partial charge in [0.2, 0.25) is 5.91 Å². The summed E-state index contributed by atoms with van der Waals surface area (Å²) in [6, 6.07) is 0. The van der Waals surface area contributed by atoms with Gasteiger partial charge in [-0.1, -0.05) is 0 Å². The molecule has 0 bridgehead atoms. The highest BCUT2D eigenvalue weighted by atomic mass is 32.1. The van der Waals surface area contributed by atoms with Crippen molar-refractivity contribution in [3.8, 4) is 0 Å². The third-order valence-corrected chi connectivity index (χ3v) is 7.20. The highest BCUT2D eigenvalue weighted by Crippen LogP contribution is 2.32. The lowest BCUT2D eigenvalue weighted by molar-refractivity contribution is -0.121. The van der Waals surface area contributed by atoms with Crippen molar-refractivity contribution in [3.05, 3.63) is 15.6 Å². The second-order valence-electron chi connectivity index (χ2n) is 7.64. The zero-order valence-corrected chi connectivity index (χ0v) is 15.5. The average Bonchev–Trinajstić information content (AvgIpc) is 2.89. The molecule has 1 aromatic rings. The Morgan fingerprint density at radius 2 is 2.08 bits per heavy atom. The summed E-state index contributed by atoms with van der Waals surface area (Å²) in [5.41, 5.74) is 1.52. The van der Waals surface area contributed by atoms with E-state index in [2.05, 4.69) is 22.2 Å². The molecule has 0 aromatic carbocycles. The molecule has 132 valence electrons. The summed E-state index contributed by atoms with van der Waals surface area (Å²) >= 11 is 1.94. The molecular weight excluding hydrogens is 320 g/mol. The minimum Gasteiger partial charge on any atom is -0.356 e. The Morgan fingerprint density at radius 1 is 1.21 bits per heavy atom. The lowest BCUT2D eigenvalue weighted by atomic mass is 9.86. The molecule has 1 amide bonds.